The predicted octanol–water partition coefficient (Wildman–Crippen LogP) is 4.98. The second kappa shape index (κ2) is 13.4. The number of rotatable bonds is 14. The number of ether oxygens (including phenoxy) is 2. The maximum atomic E-state index is 11.3. The van der Waals surface area contributed by atoms with Crippen molar-refractivity contribution in [2.24, 2.45) is 0 Å². The monoisotopic (exact) mass is 340 g/mol. The van der Waals surface area contributed by atoms with Gasteiger partial charge >= 0.3 is 5.97 Å². The third-order valence-electron chi connectivity index (χ3n) is 4.81. The molecule has 0 aromatic rings. The minimum atomic E-state index is -0.319. The van der Waals surface area contributed by atoms with E-state index in [9.17, 15) is 9.59 Å². The standard InChI is InChI=1S/C20H36O4/c1-3-4-5-6-7-8-9-10-11-12-13-19(23-17(2)22)20-15-14-18(16-21)24-20/h16,18-20H,3-15H2,1-2H3/t18-,19-,20-/m0/s1. The molecule has 0 aromatic heterocycles. The zero-order valence-electron chi connectivity index (χ0n) is 15.6. The molecule has 3 atom stereocenters. The van der Waals surface area contributed by atoms with Crippen LogP contribution in [0, 0.1) is 0 Å². The molecule has 4 nitrogen and oxygen atoms in total. The maximum absolute atomic E-state index is 11.3. The molecule has 4 heteroatoms. The highest BCUT2D eigenvalue weighted by Crippen LogP contribution is 2.26. The van der Waals surface area contributed by atoms with E-state index < -0.39 is 0 Å². The maximum Gasteiger partial charge on any atom is 0.302 e. The summed E-state index contributed by atoms with van der Waals surface area (Å²) in [6.45, 7) is 3.69. The molecule has 1 saturated heterocycles. The van der Waals surface area contributed by atoms with Gasteiger partial charge < -0.3 is 14.3 Å². The molecule has 0 aliphatic carbocycles. The van der Waals surface area contributed by atoms with Crippen LogP contribution in [0.3, 0.4) is 0 Å². The van der Waals surface area contributed by atoms with Gasteiger partial charge in [-0.3, -0.25) is 4.79 Å². The Morgan fingerprint density at radius 1 is 1.04 bits per heavy atom. The first-order chi connectivity index (χ1) is 11.7. The van der Waals surface area contributed by atoms with Crippen LogP contribution < -0.4 is 0 Å². The predicted molar refractivity (Wildman–Crippen MR) is 96.0 cm³/mol. The highest BCUT2D eigenvalue weighted by Gasteiger charge is 2.33. The van der Waals surface area contributed by atoms with E-state index in [2.05, 4.69) is 6.92 Å². The fourth-order valence-electron chi connectivity index (χ4n) is 3.43. The molecule has 0 unspecified atom stereocenters. The minimum absolute atomic E-state index is 0.109. The van der Waals surface area contributed by atoms with Crippen molar-refractivity contribution in [3.63, 3.8) is 0 Å². The van der Waals surface area contributed by atoms with Crippen LogP contribution >= 0.6 is 0 Å². The molecule has 0 amide bonds. The van der Waals surface area contributed by atoms with E-state index in [1.165, 1.54) is 64.7 Å². The molecule has 0 radical (unpaired) electrons. The molecule has 0 N–H and O–H groups in total. The van der Waals surface area contributed by atoms with Gasteiger partial charge in [0.2, 0.25) is 0 Å². The van der Waals surface area contributed by atoms with E-state index >= 15 is 0 Å². The summed E-state index contributed by atoms with van der Waals surface area (Å²) < 4.78 is 11.1. The Morgan fingerprint density at radius 2 is 1.62 bits per heavy atom. The first-order valence-electron chi connectivity index (χ1n) is 9.95. The molecule has 0 aromatic carbocycles. The van der Waals surface area contributed by atoms with Crippen molar-refractivity contribution in [3.05, 3.63) is 0 Å². The third-order valence-corrected chi connectivity index (χ3v) is 4.81. The van der Waals surface area contributed by atoms with Crippen LogP contribution in [0.2, 0.25) is 0 Å². The average Bonchev–Trinajstić information content (AvgIpc) is 3.04. The fourth-order valence-corrected chi connectivity index (χ4v) is 3.43. The van der Waals surface area contributed by atoms with Gasteiger partial charge in [0, 0.05) is 6.92 Å². The Hall–Kier alpha value is -0.900. The van der Waals surface area contributed by atoms with Crippen LogP contribution in [0.5, 0.6) is 0 Å². The van der Waals surface area contributed by atoms with Crippen molar-refractivity contribution in [3.8, 4) is 0 Å². The Morgan fingerprint density at radius 3 is 2.12 bits per heavy atom. The average molecular weight is 341 g/mol. The molecule has 140 valence electrons. The molecular weight excluding hydrogens is 304 g/mol. The van der Waals surface area contributed by atoms with E-state index in [0.29, 0.717) is 0 Å². The Labute approximate surface area is 147 Å². The summed E-state index contributed by atoms with van der Waals surface area (Å²) in [5.74, 6) is -0.259. The highest BCUT2D eigenvalue weighted by molar-refractivity contribution is 5.66. The molecule has 0 saturated carbocycles. The number of carbonyl (C=O) groups is 2. The largest absolute Gasteiger partial charge is 0.460 e. The zero-order chi connectivity index (χ0) is 17.6. The third kappa shape index (κ3) is 9.41. The van der Waals surface area contributed by atoms with Crippen molar-refractivity contribution >= 4 is 12.3 Å². The van der Waals surface area contributed by atoms with Crippen LogP contribution in [0.15, 0.2) is 0 Å². The number of hydrogen-bond donors (Lipinski definition) is 0. The van der Waals surface area contributed by atoms with Gasteiger partial charge in [0.05, 0.1) is 6.10 Å². The number of hydrogen-bond acceptors (Lipinski definition) is 4. The number of esters is 1. The van der Waals surface area contributed by atoms with E-state index in [-0.39, 0.29) is 24.3 Å². The van der Waals surface area contributed by atoms with E-state index in [1.807, 2.05) is 0 Å². The second-order valence-corrected chi connectivity index (χ2v) is 7.04. The summed E-state index contributed by atoms with van der Waals surface area (Å²) in [7, 11) is 0. The first-order valence-corrected chi connectivity index (χ1v) is 9.95. The first kappa shape index (κ1) is 21.1. The van der Waals surface area contributed by atoms with Gasteiger partial charge in [-0.15, -0.1) is 0 Å². The topological polar surface area (TPSA) is 52.6 Å². The molecule has 0 spiro atoms. The molecular formula is C20H36O4. The molecule has 1 aliphatic heterocycles. The lowest BCUT2D eigenvalue weighted by molar-refractivity contribution is -0.155. The van der Waals surface area contributed by atoms with Crippen LogP contribution in [0.4, 0.5) is 0 Å². The van der Waals surface area contributed by atoms with Crippen molar-refractivity contribution < 1.29 is 19.1 Å². The van der Waals surface area contributed by atoms with Gasteiger partial charge in [0.1, 0.15) is 18.5 Å². The Balaban J connectivity index is 2.10. The summed E-state index contributed by atoms with van der Waals surface area (Å²) >= 11 is 0. The molecule has 0 bridgehead atoms. The van der Waals surface area contributed by atoms with E-state index in [1.54, 1.807) is 0 Å². The molecule has 1 heterocycles. The van der Waals surface area contributed by atoms with Crippen LogP contribution in [-0.2, 0) is 19.1 Å². The number of aldehydes is 1. The van der Waals surface area contributed by atoms with Gasteiger partial charge in [0.15, 0.2) is 0 Å². The van der Waals surface area contributed by atoms with Gasteiger partial charge in [-0.25, -0.2) is 0 Å². The Kier molecular flexibility index (Phi) is 11.8. The molecule has 1 aliphatic rings. The van der Waals surface area contributed by atoms with Crippen LogP contribution in [-0.4, -0.2) is 30.6 Å². The smallest absolute Gasteiger partial charge is 0.302 e. The molecule has 1 fully saturated rings. The normalized spacial score (nSPS) is 21.6. The Bertz CT molecular complexity index is 343. The number of unbranched alkanes of at least 4 members (excludes halogenated alkanes) is 9. The van der Waals surface area contributed by atoms with E-state index in [0.717, 1.165) is 32.0 Å². The van der Waals surface area contributed by atoms with Gasteiger partial charge in [-0.05, 0) is 25.7 Å². The highest BCUT2D eigenvalue weighted by atomic mass is 16.6. The lowest BCUT2D eigenvalue weighted by Gasteiger charge is -2.23. The van der Waals surface area contributed by atoms with Crippen LogP contribution in [0.1, 0.15) is 97.3 Å². The molecule has 1 rings (SSSR count). The quantitative estimate of drug-likeness (QED) is 0.254. The summed E-state index contributed by atoms with van der Waals surface area (Å²) in [6, 6.07) is 0. The second-order valence-electron chi connectivity index (χ2n) is 7.04. The summed E-state index contributed by atoms with van der Waals surface area (Å²) in [4.78, 5) is 22.1. The SMILES string of the molecule is CCCCCCCCCCCC[C@H](OC(C)=O)[C@@H]1CC[C@@H](C=O)O1. The summed E-state index contributed by atoms with van der Waals surface area (Å²) in [6.07, 6.45) is 15.5. The molecule has 24 heavy (non-hydrogen) atoms. The zero-order valence-corrected chi connectivity index (χ0v) is 15.6. The van der Waals surface area contributed by atoms with Crippen molar-refractivity contribution in [2.75, 3.05) is 0 Å². The van der Waals surface area contributed by atoms with E-state index in [4.69, 9.17) is 9.47 Å². The van der Waals surface area contributed by atoms with Gasteiger partial charge in [-0.2, -0.15) is 0 Å². The fraction of sp³-hybridized carbons (Fsp3) is 0.900. The van der Waals surface area contributed by atoms with Gasteiger partial charge in [0.25, 0.3) is 0 Å². The lowest BCUT2D eigenvalue weighted by atomic mass is 10.0. The van der Waals surface area contributed by atoms with Crippen LogP contribution in [0.25, 0.3) is 0 Å². The summed E-state index contributed by atoms with van der Waals surface area (Å²) in [5.41, 5.74) is 0. The van der Waals surface area contributed by atoms with Crippen molar-refractivity contribution in [1.82, 2.24) is 0 Å². The van der Waals surface area contributed by atoms with Crippen molar-refractivity contribution in [1.29, 1.82) is 0 Å². The van der Waals surface area contributed by atoms with Gasteiger partial charge in [-0.1, -0.05) is 64.7 Å². The van der Waals surface area contributed by atoms with Crippen molar-refractivity contribution in [2.45, 2.75) is 116 Å². The lowest BCUT2D eigenvalue weighted by Crippen LogP contribution is -2.31. The number of carbonyl (C=O) groups excluding carboxylic acids is 2. The summed E-state index contributed by atoms with van der Waals surface area (Å²) in [5, 5.41) is 0. The minimum Gasteiger partial charge on any atom is -0.460 e.